The summed E-state index contributed by atoms with van der Waals surface area (Å²) in [5.41, 5.74) is 2.55. The number of hydrogen-bond donors (Lipinski definition) is 0. The number of benzene rings is 1. The maximum absolute atomic E-state index is 8.68. The summed E-state index contributed by atoms with van der Waals surface area (Å²) in [4.78, 5) is 4.27. The van der Waals surface area contributed by atoms with Gasteiger partial charge in [-0.1, -0.05) is 12.1 Å². The Bertz CT molecular complexity index is 512. The summed E-state index contributed by atoms with van der Waals surface area (Å²) in [6.07, 6.45) is 1.75. The lowest BCUT2D eigenvalue weighted by molar-refractivity contribution is 1.31. The molecule has 2 aromatic rings. The van der Waals surface area contributed by atoms with Gasteiger partial charge in [0.25, 0.3) is 0 Å². The van der Waals surface area contributed by atoms with Crippen LogP contribution in [0, 0.1) is 11.3 Å². The zero-order chi connectivity index (χ0) is 10.7. The number of halogens is 1. The van der Waals surface area contributed by atoms with Gasteiger partial charge in [-0.05, 0) is 40.2 Å². The summed E-state index contributed by atoms with van der Waals surface area (Å²) in [5.74, 6) is 0. The predicted molar refractivity (Wildman–Crippen MR) is 62.1 cm³/mol. The van der Waals surface area contributed by atoms with Crippen LogP contribution in [0.1, 0.15) is 5.56 Å². The van der Waals surface area contributed by atoms with Gasteiger partial charge < -0.3 is 0 Å². The van der Waals surface area contributed by atoms with Crippen LogP contribution in [0.5, 0.6) is 0 Å². The Kier molecular flexibility index (Phi) is 2.79. The molecule has 0 atom stereocenters. The molecule has 3 heteroatoms. The third-order valence-electron chi connectivity index (χ3n) is 2.05. The molecule has 0 aliphatic heterocycles. The normalized spacial score (nSPS) is 9.60. The molecular formula is C12H7BrN2. The molecule has 0 saturated carbocycles. The van der Waals surface area contributed by atoms with Crippen molar-refractivity contribution >= 4 is 15.9 Å². The van der Waals surface area contributed by atoms with Crippen LogP contribution in [0.15, 0.2) is 47.1 Å². The van der Waals surface area contributed by atoms with E-state index < -0.39 is 0 Å². The van der Waals surface area contributed by atoms with Crippen molar-refractivity contribution in [2.75, 3.05) is 0 Å². The van der Waals surface area contributed by atoms with Gasteiger partial charge in [0.1, 0.15) is 0 Å². The number of aromatic nitrogens is 1. The third kappa shape index (κ3) is 2.05. The van der Waals surface area contributed by atoms with Crippen molar-refractivity contribution in [3.8, 4) is 17.3 Å². The molecule has 0 fully saturated rings. The Morgan fingerprint density at radius 2 is 1.87 bits per heavy atom. The molecular weight excluding hydrogens is 252 g/mol. The fourth-order valence-electron chi connectivity index (χ4n) is 1.30. The van der Waals surface area contributed by atoms with Gasteiger partial charge in [0.2, 0.25) is 0 Å². The van der Waals surface area contributed by atoms with Gasteiger partial charge in [-0.2, -0.15) is 5.26 Å². The van der Waals surface area contributed by atoms with Crippen molar-refractivity contribution in [2.45, 2.75) is 0 Å². The standard InChI is InChI=1S/C12H7BrN2/c13-11-2-1-7-15-12(11)10-5-3-9(8-14)4-6-10/h1-7H. The summed E-state index contributed by atoms with van der Waals surface area (Å²) < 4.78 is 0.953. The summed E-state index contributed by atoms with van der Waals surface area (Å²) in [5, 5.41) is 8.68. The molecule has 2 nitrogen and oxygen atoms in total. The number of hydrogen-bond acceptors (Lipinski definition) is 2. The van der Waals surface area contributed by atoms with E-state index in [2.05, 4.69) is 27.0 Å². The van der Waals surface area contributed by atoms with Crippen molar-refractivity contribution < 1.29 is 0 Å². The zero-order valence-electron chi connectivity index (χ0n) is 7.81. The molecule has 1 aromatic carbocycles. The first-order valence-corrected chi connectivity index (χ1v) is 5.21. The number of rotatable bonds is 1. The van der Waals surface area contributed by atoms with Gasteiger partial charge in [0.05, 0.1) is 17.3 Å². The topological polar surface area (TPSA) is 36.7 Å². The Labute approximate surface area is 96.3 Å². The Morgan fingerprint density at radius 3 is 2.47 bits per heavy atom. The van der Waals surface area contributed by atoms with E-state index >= 15 is 0 Å². The first-order valence-electron chi connectivity index (χ1n) is 4.42. The van der Waals surface area contributed by atoms with Crippen molar-refractivity contribution in [2.24, 2.45) is 0 Å². The molecule has 2 rings (SSSR count). The lowest BCUT2D eigenvalue weighted by Crippen LogP contribution is -1.84. The van der Waals surface area contributed by atoms with E-state index in [1.807, 2.05) is 24.3 Å². The van der Waals surface area contributed by atoms with Crippen LogP contribution in [0.2, 0.25) is 0 Å². The second-order valence-electron chi connectivity index (χ2n) is 3.02. The molecule has 0 aliphatic carbocycles. The minimum atomic E-state index is 0.658. The van der Waals surface area contributed by atoms with Gasteiger partial charge >= 0.3 is 0 Å². The van der Waals surface area contributed by atoms with Gasteiger partial charge in [0.15, 0.2) is 0 Å². The minimum Gasteiger partial charge on any atom is -0.255 e. The molecule has 0 bridgehead atoms. The van der Waals surface area contributed by atoms with Crippen LogP contribution >= 0.6 is 15.9 Å². The van der Waals surface area contributed by atoms with E-state index in [9.17, 15) is 0 Å². The minimum absolute atomic E-state index is 0.658. The third-order valence-corrected chi connectivity index (χ3v) is 2.69. The van der Waals surface area contributed by atoms with E-state index in [1.54, 1.807) is 18.3 Å². The first-order chi connectivity index (χ1) is 7.31. The SMILES string of the molecule is N#Cc1ccc(-c2ncccc2Br)cc1. The molecule has 0 radical (unpaired) electrons. The molecule has 15 heavy (non-hydrogen) atoms. The highest BCUT2D eigenvalue weighted by Gasteiger charge is 2.02. The van der Waals surface area contributed by atoms with Crippen LogP contribution in [0.4, 0.5) is 0 Å². The quantitative estimate of drug-likeness (QED) is 0.787. The largest absolute Gasteiger partial charge is 0.255 e. The van der Waals surface area contributed by atoms with Crippen molar-refractivity contribution in [3.05, 3.63) is 52.6 Å². The van der Waals surface area contributed by atoms with Crippen molar-refractivity contribution in [1.29, 1.82) is 5.26 Å². The summed E-state index contributed by atoms with van der Waals surface area (Å²) in [6, 6.07) is 13.3. The number of nitriles is 1. The fraction of sp³-hybridized carbons (Fsp3) is 0. The van der Waals surface area contributed by atoms with Crippen molar-refractivity contribution in [1.82, 2.24) is 4.98 Å². The molecule has 0 unspecified atom stereocenters. The molecule has 1 heterocycles. The average Bonchev–Trinajstić information content (AvgIpc) is 2.30. The lowest BCUT2D eigenvalue weighted by atomic mass is 10.1. The van der Waals surface area contributed by atoms with Crippen LogP contribution < -0.4 is 0 Å². The van der Waals surface area contributed by atoms with E-state index in [0.29, 0.717) is 5.56 Å². The Morgan fingerprint density at radius 1 is 1.13 bits per heavy atom. The fourth-order valence-corrected chi connectivity index (χ4v) is 1.78. The van der Waals surface area contributed by atoms with E-state index in [-0.39, 0.29) is 0 Å². The summed E-state index contributed by atoms with van der Waals surface area (Å²) in [6.45, 7) is 0. The number of pyridine rings is 1. The molecule has 0 amide bonds. The zero-order valence-corrected chi connectivity index (χ0v) is 9.40. The second-order valence-corrected chi connectivity index (χ2v) is 3.88. The summed E-state index contributed by atoms with van der Waals surface area (Å²) >= 11 is 3.44. The van der Waals surface area contributed by atoms with Crippen LogP contribution in [0.3, 0.4) is 0 Å². The second kappa shape index (κ2) is 4.24. The van der Waals surface area contributed by atoms with Gasteiger partial charge in [-0.15, -0.1) is 0 Å². The monoisotopic (exact) mass is 258 g/mol. The Hall–Kier alpha value is -1.66. The lowest BCUT2D eigenvalue weighted by Gasteiger charge is -2.02. The average molecular weight is 259 g/mol. The molecule has 0 saturated heterocycles. The maximum atomic E-state index is 8.68. The first kappa shape index (κ1) is 9.88. The number of nitrogens with zero attached hydrogens (tertiary/aromatic N) is 2. The molecule has 0 aliphatic rings. The molecule has 1 aromatic heterocycles. The van der Waals surface area contributed by atoms with E-state index in [1.165, 1.54) is 0 Å². The summed E-state index contributed by atoms with van der Waals surface area (Å²) in [7, 11) is 0. The van der Waals surface area contributed by atoms with Gasteiger partial charge in [0, 0.05) is 16.2 Å². The Balaban J connectivity index is 2.47. The maximum Gasteiger partial charge on any atom is 0.0991 e. The van der Waals surface area contributed by atoms with Crippen molar-refractivity contribution in [3.63, 3.8) is 0 Å². The predicted octanol–water partition coefficient (Wildman–Crippen LogP) is 3.38. The highest BCUT2D eigenvalue weighted by Crippen LogP contribution is 2.25. The molecule has 0 spiro atoms. The smallest absolute Gasteiger partial charge is 0.0991 e. The van der Waals surface area contributed by atoms with Crippen LogP contribution in [-0.4, -0.2) is 4.98 Å². The van der Waals surface area contributed by atoms with Gasteiger partial charge in [-0.3, -0.25) is 4.98 Å². The highest BCUT2D eigenvalue weighted by atomic mass is 79.9. The van der Waals surface area contributed by atoms with Crippen LogP contribution in [0.25, 0.3) is 11.3 Å². The molecule has 72 valence electrons. The highest BCUT2D eigenvalue weighted by molar-refractivity contribution is 9.10. The van der Waals surface area contributed by atoms with E-state index in [0.717, 1.165) is 15.7 Å². The molecule has 0 N–H and O–H groups in total. The van der Waals surface area contributed by atoms with Gasteiger partial charge in [-0.25, -0.2) is 0 Å². The van der Waals surface area contributed by atoms with E-state index in [4.69, 9.17) is 5.26 Å². The van der Waals surface area contributed by atoms with Crippen LogP contribution in [-0.2, 0) is 0 Å².